The molecule has 1 fully saturated rings. The average molecular weight is 363 g/mol. The second-order valence-corrected chi connectivity index (χ2v) is 7.51. The van der Waals surface area contributed by atoms with E-state index < -0.39 is 0 Å². The Labute approximate surface area is 149 Å². The molecule has 1 unspecified atom stereocenters. The summed E-state index contributed by atoms with van der Waals surface area (Å²) in [7, 11) is 0. The molecule has 2 aromatic heterocycles. The smallest absolute Gasteiger partial charge is 0.230 e. The van der Waals surface area contributed by atoms with Crippen LogP contribution in [0.4, 0.5) is 0 Å². The first kappa shape index (κ1) is 15.9. The molecule has 1 N–H and O–H groups in total. The van der Waals surface area contributed by atoms with Crippen LogP contribution in [0.15, 0.2) is 24.3 Å². The monoisotopic (exact) mass is 362 g/mol. The number of aromatic nitrogens is 3. The van der Waals surface area contributed by atoms with Crippen LogP contribution in [0.3, 0.4) is 0 Å². The maximum absolute atomic E-state index is 10.8. The van der Waals surface area contributed by atoms with Crippen LogP contribution >= 0.6 is 22.9 Å². The molecule has 0 saturated carbocycles. The highest BCUT2D eigenvalue weighted by molar-refractivity contribution is 7.17. The van der Waals surface area contributed by atoms with Gasteiger partial charge in [0.25, 0.3) is 0 Å². The third-order valence-corrected chi connectivity index (χ3v) is 5.79. The Morgan fingerprint density at radius 3 is 2.79 bits per heavy atom. The van der Waals surface area contributed by atoms with Gasteiger partial charge in [0, 0.05) is 11.4 Å². The third kappa shape index (κ3) is 2.68. The zero-order valence-electron chi connectivity index (χ0n) is 13.4. The summed E-state index contributed by atoms with van der Waals surface area (Å²) in [5.74, 6) is 0.947. The van der Waals surface area contributed by atoms with E-state index in [0.29, 0.717) is 5.02 Å². The minimum Gasteiger partial charge on any atom is -0.492 e. The van der Waals surface area contributed by atoms with Crippen molar-refractivity contribution < 1.29 is 5.11 Å². The van der Waals surface area contributed by atoms with Crippen LogP contribution < -0.4 is 0 Å². The Morgan fingerprint density at radius 1 is 1.33 bits per heavy atom. The van der Waals surface area contributed by atoms with Crippen molar-refractivity contribution in [3.8, 4) is 5.88 Å². The van der Waals surface area contributed by atoms with Gasteiger partial charge in [0.15, 0.2) is 5.82 Å². The lowest BCUT2D eigenvalue weighted by Gasteiger charge is -2.27. The molecule has 126 valence electrons. The number of thiazole rings is 1. The van der Waals surface area contributed by atoms with Crippen LogP contribution in [0.1, 0.15) is 42.1 Å². The van der Waals surface area contributed by atoms with Crippen LogP contribution in [0.5, 0.6) is 5.88 Å². The van der Waals surface area contributed by atoms with Crippen molar-refractivity contribution in [1.29, 1.82) is 0 Å². The molecular weight excluding hydrogens is 344 g/mol. The summed E-state index contributed by atoms with van der Waals surface area (Å²) < 4.78 is 1.56. The van der Waals surface area contributed by atoms with Crippen LogP contribution in [-0.2, 0) is 6.42 Å². The number of nitrogens with zero attached hydrogens (tertiary/aromatic N) is 4. The molecule has 0 bridgehead atoms. The summed E-state index contributed by atoms with van der Waals surface area (Å²) in [4.78, 5) is 8.53. The summed E-state index contributed by atoms with van der Waals surface area (Å²) >= 11 is 7.72. The molecule has 0 spiro atoms. The molecule has 1 aromatic carbocycles. The standard InChI is InChI=1S/C17H19ClN4OS/c1-2-13-19-17-22(20-13)16(23)15(24-17)14(21-8-3-4-9-21)11-6-5-7-12(18)10-11/h5-7,10,14,23H,2-4,8-9H2,1H3. The van der Waals surface area contributed by atoms with Gasteiger partial charge in [0.2, 0.25) is 10.8 Å². The van der Waals surface area contributed by atoms with E-state index in [4.69, 9.17) is 11.6 Å². The van der Waals surface area contributed by atoms with Crippen molar-refractivity contribution in [3.63, 3.8) is 0 Å². The lowest BCUT2D eigenvalue weighted by Crippen LogP contribution is -2.26. The molecule has 1 saturated heterocycles. The van der Waals surface area contributed by atoms with Crippen molar-refractivity contribution in [3.05, 3.63) is 45.6 Å². The average Bonchev–Trinajstić information content (AvgIpc) is 3.28. The van der Waals surface area contributed by atoms with Gasteiger partial charge in [-0.2, -0.15) is 4.52 Å². The van der Waals surface area contributed by atoms with Crippen molar-refractivity contribution in [2.45, 2.75) is 32.2 Å². The predicted octanol–water partition coefficient (Wildman–Crippen LogP) is 3.90. The Hall–Kier alpha value is -1.63. The number of rotatable bonds is 4. The number of benzene rings is 1. The van der Waals surface area contributed by atoms with E-state index in [-0.39, 0.29) is 11.9 Å². The minimum atomic E-state index is -0.00947. The predicted molar refractivity (Wildman–Crippen MR) is 96.0 cm³/mol. The Balaban J connectivity index is 1.83. The topological polar surface area (TPSA) is 53.7 Å². The molecule has 4 rings (SSSR count). The highest BCUT2D eigenvalue weighted by Crippen LogP contribution is 2.41. The molecule has 5 nitrogen and oxygen atoms in total. The van der Waals surface area contributed by atoms with Gasteiger partial charge in [-0.05, 0) is 43.6 Å². The van der Waals surface area contributed by atoms with Crippen molar-refractivity contribution >= 4 is 27.9 Å². The van der Waals surface area contributed by atoms with Gasteiger partial charge in [-0.15, -0.1) is 5.10 Å². The molecule has 24 heavy (non-hydrogen) atoms. The zero-order chi connectivity index (χ0) is 16.7. The maximum atomic E-state index is 10.8. The molecule has 1 atom stereocenters. The van der Waals surface area contributed by atoms with Crippen LogP contribution in [0, 0.1) is 0 Å². The fourth-order valence-corrected chi connectivity index (χ4v) is 4.66. The molecule has 0 aliphatic carbocycles. The van der Waals surface area contributed by atoms with Crippen LogP contribution in [0.25, 0.3) is 4.96 Å². The van der Waals surface area contributed by atoms with Gasteiger partial charge >= 0.3 is 0 Å². The lowest BCUT2D eigenvalue weighted by atomic mass is 10.0. The van der Waals surface area contributed by atoms with Gasteiger partial charge in [-0.25, -0.2) is 4.98 Å². The number of halogens is 1. The fourth-order valence-electron chi connectivity index (χ4n) is 3.32. The fraction of sp³-hybridized carbons (Fsp3) is 0.412. The second kappa shape index (κ2) is 6.35. The van der Waals surface area contributed by atoms with Gasteiger partial charge in [0.1, 0.15) is 0 Å². The molecule has 3 aromatic rings. The molecule has 1 aliphatic heterocycles. The Kier molecular flexibility index (Phi) is 4.20. The third-order valence-electron chi connectivity index (χ3n) is 4.48. The number of fused-ring (bicyclic) bond motifs is 1. The van der Waals surface area contributed by atoms with E-state index in [2.05, 4.69) is 21.0 Å². The van der Waals surface area contributed by atoms with Gasteiger partial charge in [0.05, 0.1) is 10.9 Å². The highest BCUT2D eigenvalue weighted by Gasteiger charge is 2.31. The summed E-state index contributed by atoms with van der Waals surface area (Å²) in [6.45, 7) is 4.05. The van der Waals surface area contributed by atoms with Crippen LogP contribution in [-0.4, -0.2) is 37.7 Å². The SMILES string of the molecule is CCc1nc2sc(C(c3cccc(Cl)c3)N3CCCC3)c(O)n2n1. The van der Waals surface area contributed by atoms with E-state index in [1.807, 2.05) is 25.1 Å². The first-order valence-electron chi connectivity index (χ1n) is 8.24. The summed E-state index contributed by atoms with van der Waals surface area (Å²) in [6.07, 6.45) is 3.12. The largest absolute Gasteiger partial charge is 0.492 e. The number of hydrogen-bond donors (Lipinski definition) is 1. The highest BCUT2D eigenvalue weighted by atomic mass is 35.5. The summed E-state index contributed by atoms with van der Waals surface area (Å²) in [5, 5.41) is 15.9. The first-order chi connectivity index (χ1) is 11.7. The molecule has 0 radical (unpaired) electrons. The minimum absolute atomic E-state index is 0.00947. The van der Waals surface area contributed by atoms with E-state index in [9.17, 15) is 5.11 Å². The van der Waals surface area contributed by atoms with E-state index in [1.54, 1.807) is 4.52 Å². The Morgan fingerprint density at radius 2 is 2.12 bits per heavy atom. The molecule has 1 aliphatic rings. The van der Waals surface area contributed by atoms with Gasteiger partial charge in [-0.3, -0.25) is 4.90 Å². The summed E-state index contributed by atoms with van der Waals surface area (Å²) in [5.41, 5.74) is 1.10. The van der Waals surface area contributed by atoms with E-state index >= 15 is 0 Å². The zero-order valence-corrected chi connectivity index (χ0v) is 15.0. The molecule has 0 amide bonds. The van der Waals surface area contributed by atoms with Crippen molar-refractivity contribution in [2.75, 3.05) is 13.1 Å². The lowest BCUT2D eigenvalue weighted by molar-refractivity contribution is 0.277. The second-order valence-electron chi connectivity index (χ2n) is 6.07. The number of likely N-dealkylation sites (tertiary alicyclic amines) is 1. The number of aryl methyl sites for hydroxylation is 1. The number of hydrogen-bond acceptors (Lipinski definition) is 5. The van der Waals surface area contributed by atoms with Crippen molar-refractivity contribution in [2.24, 2.45) is 0 Å². The first-order valence-corrected chi connectivity index (χ1v) is 9.43. The molecule has 7 heteroatoms. The Bertz CT molecular complexity index is 869. The van der Waals surface area contributed by atoms with E-state index in [0.717, 1.165) is 40.7 Å². The number of aromatic hydroxyl groups is 1. The van der Waals surface area contributed by atoms with Crippen molar-refractivity contribution in [1.82, 2.24) is 19.5 Å². The van der Waals surface area contributed by atoms with Gasteiger partial charge < -0.3 is 5.11 Å². The summed E-state index contributed by atoms with van der Waals surface area (Å²) in [6, 6.07) is 7.88. The quantitative estimate of drug-likeness (QED) is 0.764. The van der Waals surface area contributed by atoms with E-state index in [1.165, 1.54) is 24.2 Å². The maximum Gasteiger partial charge on any atom is 0.230 e. The normalized spacial score (nSPS) is 16.9. The van der Waals surface area contributed by atoms with Gasteiger partial charge in [-0.1, -0.05) is 42.0 Å². The van der Waals surface area contributed by atoms with Crippen LogP contribution in [0.2, 0.25) is 5.02 Å². The molecule has 3 heterocycles. The molecular formula is C17H19ClN4OS.